The molecule has 2 heteroatoms. The summed E-state index contributed by atoms with van der Waals surface area (Å²) in [5.74, 6) is 1.83. The average Bonchev–Trinajstić information content (AvgIpc) is 2.99. The third kappa shape index (κ3) is 2.84. The van der Waals surface area contributed by atoms with Crippen molar-refractivity contribution in [3.8, 4) is 0 Å². The van der Waals surface area contributed by atoms with Gasteiger partial charge in [0.05, 0.1) is 0 Å². The smallest absolute Gasteiger partial charge is 0.126 e. The van der Waals surface area contributed by atoms with E-state index in [2.05, 4.69) is 19.2 Å². The summed E-state index contributed by atoms with van der Waals surface area (Å²) in [5.41, 5.74) is 1.19. The third-order valence-electron chi connectivity index (χ3n) is 4.87. The van der Waals surface area contributed by atoms with Crippen molar-refractivity contribution in [3.05, 3.63) is 35.6 Å². The quantitative estimate of drug-likeness (QED) is 0.850. The summed E-state index contributed by atoms with van der Waals surface area (Å²) in [6.45, 7) is 5.41. The van der Waals surface area contributed by atoms with Crippen LogP contribution in [-0.4, -0.2) is 12.6 Å². The zero-order valence-corrected chi connectivity index (χ0v) is 12.0. The lowest BCUT2D eigenvalue weighted by Gasteiger charge is -2.32. The van der Waals surface area contributed by atoms with Gasteiger partial charge in [0.1, 0.15) is 5.82 Å². The Hall–Kier alpha value is -0.890. The standard InChI is InChI=1S/C17H24FN/c1-12(2)19-11-17(9-14-7-15(14)10-17)8-13-5-3-4-6-16(13)18/h3-6,12,14-15,19H,7-11H2,1-2H3. The minimum Gasteiger partial charge on any atom is -0.314 e. The van der Waals surface area contributed by atoms with E-state index < -0.39 is 0 Å². The molecule has 19 heavy (non-hydrogen) atoms. The summed E-state index contributed by atoms with van der Waals surface area (Å²) in [7, 11) is 0. The van der Waals surface area contributed by atoms with Gasteiger partial charge in [-0.05, 0) is 54.6 Å². The zero-order valence-electron chi connectivity index (χ0n) is 12.0. The van der Waals surface area contributed by atoms with Crippen molar-refractivity contribution in [2.24, 2.45) is 17.3 Å². The minimum atomic E-state index is -0.0352. The van der Waals surface area contributed by atoms with Crippen LogP contribution in [0.15, 0.2) is 24.3 Å². The molecule has 1 nitrogen and oxygen atoms in total. The molecule has 1 aromatic rings. The van der Waals surface area contributed by atoms with E-state index in [9.17, 15) is 4.39 Å². The maximum atomic E-state index is 13.9. The van der Waals surface area contributed by atoms with Gasteiger partial charge in [0.2, 0.25) is 0 Å². The molecule has 2 saturated carbocycles. The topological polar surface area (TPSA) is 12.0 Å². The molecule has 0 spiro atoms. The number of nitrogens with one attached hydrogen (secondary N) is 1. The van der Waals surface area contributed by atoms with E-state index in [1.165, 1.54) is 19.3 Å². The minimum absolute atomic E-state index is 0.0352. The molecule has 2 unspecified atom stereocenters. The van der Waals surface area contributed by atoms with Crippen LogP contribution in [0.1, 0.15) is 38.7 Å². The molecule has 0 aromatic heterocycles. The van der Waals surface area contributed by atoms with Crippen molar-refractivity contribution >= 4 is 0 Å². The Balaban J connectivity index is 1.74. The van der Waals surface area contributed by atoms with Gasteiger partial charge in [0.25, 0.3) is 0 Å². The van der Waals surface area contributed by atoms with Crippen LogP contribution < -0.4 is 5.32 Å². The van der Waals surface area contributed by atoms with Gasteiger partial charge < -0.3 is 5.32 Å². The van der Waals surface area contributed by atoms with Crippen LogP contribution in [-0.2, 0) is 6.42 Å². The van der Waals surface area contributed by atoms with E-state index in [4.69, 9.17) is 0 Å². The van der Waals surface area contributed by atoms with Crippen LogP contribution in [0.2, 0.25) is 0 Å². The van der Waals surface area contributed by atoms with Gasteiger partial charge in [0.15, 0.2) is 0 Å². The molecular formula is C17H24FN. The molecule has 0 saturated heterocycles. The first-order chi connectivity index (χ1) is 9.08. The summed E-state index contributed by atoms with van der Waals surface area (Å²) >= 11 is 0. The molecule has 2 aliphatic rings. The second-order valence-electron chi connectivity index (χ2n) is 6.97. The lowest BCUT2D eigenvalue weighted by Crippen LogP contribution is -2.38. The molecule has 1 N–H and O–H groups in total. The number of hydrogen-bond donors (Lipinski definition) is 1. The maximum Gasteiger partial charge on any atom is 0.126 e. The van der Waals surface area contributed by atoms with E-state index in [0.29, 0.717) is 11.5 Å². The van der Waals surface area contributed by atoms with Crippen LogP contribution in [0.3, 0.4) is 0 Å². The molecule has 3 rings (SSSR count). The van der Waals surface area contributed by atoms with E-state index in [-0.39, 0.29) is 5.82 Å². The molecule has 0 amide bonds. The molecule has 0 aliphatic heterocycles. The van der Waals surface area contributed by atoms with Crippen molar-refractivity contribution in [2.75, 3.05) is 6.54 Å². The number of halogens is 1. The lowest BCUT2D eigenvalue weighted by atomic mass is 9.77. The highest BCUT2D eigenvalue weighted by molar-refractivity contribution is 5.21. The highest BCUT2D eigenvalue weighted by atomic mass is 19.1. The largest absolute Gasteiger partial charge is 0.314 e. The van der Waals surface area contributed by atoms with Crippen molar-refractivity contribution in [2.45, 2.75) is 45.6 Å². The zero-order chi connectivity index (χ0) is 13.5. The Morgan fingerprint density at radius 3 is 2.58 bits per heavy atom. The molecule has 1 aromatic carbocycles. The summed E-state index contributed by atoms with van der Waals surface area (Å²) in [6.07, 6.45) is 4.88. The molecule has 0 heterocycles. The molecular weight excluding hydrogens is 237 g/mol. The van der Waals surface area contributed by atoms with Crippen molar-refractivity contribution in [1.29, 1.82) is 0 Å². The number of hydrogen-bond acceptors (Lipinski definition) is 1. The number of benzene rings is 1. The number of rotatable bonds is 5. The normalized spacial score (nSPS) is 32.6. The van der Waals surface area contributed by atoms with Crippen LogP contribution in [0.5, 0.6) is 0 Å². The summed E-state index contributed by atoms with van der Waals surface area (Å²) in [6, 6.07) is 7.79. The fraction of sp³-hybridized carbons (Fsp3) is 0.647. The fourth-order valence-corrected chi connectivity index (χ4v) is 3.82. The first-order valence-electron chi connectivity index (χ1n) is 7.55. The van der Waals surface area contributed by atoms with E-state index in [1.54, 1.807) is 12.1 Å². The lowest BCUT2D eigenvalue weighted by molar-refractivity contribution is 0.239. The van der Waals surface area contributed by atoms with Gasteiger partial charge in [-0.3, -0.25) is 0 Å². The van der Waals surface area contributed by atoms with Crippen LogP contribution >= 0.6 is 0 Å². The first kappa shape index (κ1) is 13.1. The Kier molecular flexibility index (Phi) is 3.38. The van der Waals surface area contributed by atoms with E-state index >= 15 is 0 Å². The Morgan fingerprint density at radius 2 is 1.95 bits per heavy atom. The van der Waals surface area contributed by atoms with Gasteiger partial charge in [0, 0.05) is 12.6 Å². The van der Waals surface area contributed by atoms with Crippen molar-refractivity contribution in [1.82, 2.24) is 5.32 Å². The van der Waals surface area contributed by atoms with Crippen LogP contribution in [0.4, 0.5) is 4.39 Å². The highest BCUT2D eigenvalue weighted by Gasteiger charge is 2.53. The monoisotopic (exact) mass is 261 g/mol. The maximum absolute atomic E-state index is 13.9. The van der Waals surface area contributed by atoms with Crippen LogP contribution in [0, 0.1) is 23.1 Å². The Labute approximate surface area is 115 Å². The van der Waals surface area contributed by atoms with Crippen molar-refractivity contribution < 1.29 is 4.39 Å². The predicted octanol–water partition coefficient (Wildman–Crippen LogP) is 3.78. The Morgan fingerprint density at radius 1 is 1.26 bits per heavy atom. The van der Waals surface area contributed by atoms with Gasteiger partial charge in [-0.2, -0.15) is 0 Å². The van der Waals surface area contributed by atoms with Crippen molar-refractivity contribution in [3.63, 3.8) is 0 Å². The SMILES string of the molecule is CC(C)NCC1(Cc2ccccc2F)CC2CC2C1. The second kappa shape index (κ2) is 4.90. The Bertz CT molecular complexity index is 444. The molecule has 2 aliphatic carbocycles. The van der Waals surface area contributed by atoms with Gasteiger partial charge >= 0.3 is 0 Å². The predicted molar refractivity (Wildman–Crippen MR) is 76.5 cm³/mol. The van der Waals surface area contributed by atoms with Crippen LogP contribution in [0.25, 0.3) is 0 Å². The molecule has 104 valence electrons. The summed E-state index contributed by atoms with van der Waals surface area (Å²) in [5, 5.41) is 3.59. The van der Waals surface area contributed by atoms with Gasteiger partial charge in [-0.1, -0.05) is 32.0 Å². The summed E-state index contributed by atoms with van der Waals surface area (Å²) < 4.78 is 13.9. The van der Waals surface area contributed by atoms with E-state index in [0.717, 1.165) is 30.4 Å². The first-order valence-corrected chi connectivity index (χ1v) is 7.55. The fourth-order valence-electron chi connectivity index (χ4n) is 3.82. The number of fused-ring (bicyclic) bond motifs is 1. The molecule has 0 bridgehead atoms. The molecule has 2 fully saturated rings. The average molecular weight is 261 g/mol. The van der Waals surface area contributed by atoms with E-state index in [1.807, 2.05) is 12.1 Å². The highest BCUT2D eigenvalue weighted by Crippen LogP contribution is 2.60. The third-order valence-corrected chi connectivity index (χ3v) is 4.87. The molecule has 0 radical (unpaired) electrons. The summed E-state index contributed by atoms with van der Waals surface area (Å²) in [4.78, 5) is 0. The molecule has 2 atom stereocenters. The van der Waals surface area contributed by atoms with Gasteiger partial charge in [-0.25, -0.2) is 4.39 Å². The van der Waals surface area contributed by atoms with Gasteiger partial charge in [-0.15, -0.1) is 0 Å². The second-order valence-corrected chi connectivity index (χ2v) is 6.97.